The van der Waals surface area contributed by atoms with Gasteiger partial charge in [0.2, 0.25) is 0 Å². The lowest BCUT2D eigenvalue weighted by Gasteiger charge is -2.24. The van der Waals surface area contributed by atoms with Gasteiger partial charge in [-0.05, 0) is 32.1 Å². The van der Waals surface area contributed by atoms with Gasteiger partial charge in [0.05, 0.1) is 13.5 Å². The van der Waals surface area contributed by atoms with E-state index in [2.05, 4.69) is 17.7 Å². The second-order valence-electron chi connectivity index (χ2n) is 3.59. The van der Waals surface area contributed by atoms with Crippen LogP contribution in [-0.2, 0) is 9.53 Å². The first-order valence-corrected chi connectivity index (χ1v) is 4.99. The van der Waals surface area contributed by atoms with Crippen molar-refractivity contribution < 1.29 is 9.53 Å². The standard InChI is InChI=1S/C11H18O2/c1-3-9-6-4-5-7-10(9)8-11(12)13-2/h3,10H,4-8H2,1-2H3/b9-3+. The maximum atomic E-state index is 11.1. The van der Waals surface area contributed by atoms with Crippen LogP contribution in [0, 0.1) is 5.92 Å². The van der Waals surface area contributed by atoms with Crippen LogP contribution in [0.15, 0.2) is 11.6 Å². The molecule has 0 aliphatic heterocycles. The fraction of sp³-hybridized carbons (Fsp3) is 0.727. The Morgan fingerprint density at radius 3 is 3.00 bits per heavy atom. The summed E-state index contributed by atoms with van der Waals surface area (Å²) in [6.45, 7) is 2.06. The largest absolute Gasteiger partial charge is 0.469 e. The number of hydrogen-bond acceptors (Lipinski definition) is 2. The SMILES string of the molecule is C/C=C1\CCCCC1CC(=O)OC. The van der Waals surface area contributed by atoms with E-state index in [-0.39, 0.29) is 5.97 Å². The predicted molar refractivity (Wildman–Crippen MR) is 52.3 cm³/mol. The van der Waals surface area contributed by atoms with E-state index in [4.69, 9.17) is 0 Å². The summed E-state index contributed by atoms with van der Waals surface area (Å²) < 4.78 is 4.68. The Balaban J connectivity index is 2.50. The van der Waals surface area contributed by atoms with Crippen LogP contribution < -0.4 is 0 Å². The van der Waals surface area contributed by atoms with Crippen molar-refractivity contribution in [1.82, 2.24) is 0 Å². The molecule has 1 atom stereocenters. The molecule has 0 radical (unpaired) electrons. The van der Waals surface area contributed by atoms with Gasteiger partial charge in [-0.2, -0.15) is 0 Å². The second kappa shape index (κ2) is 5.05. The van der Waals surface area contributed by atoms with E-state index in [9.17, 15) is 4.79 Å². The highest BCUT2D eigenvalue weighted by molar-refractivity contribution is 5.70. The average Bonchev–Trinajstić information content (AvgIpc) is 2.18. The molecule has 2 nitrogen and oxygen atoms in total. The topological polar surface area (TPSA) is 26.3 Å². The fourth-order valence-corrected chi connectivity index (χ4v) is 2.01. The molecule has 1 aliphatic carbocycles. The zero-order valence-corrected chi connectivity index (χ0v) is 8.51. The molecule has 0 aromatic heterocycles. The fourth-order valence-electron chi connectivity index (χ4n) is 2.01. The zero-order chi connectivity index (χ0) is 9.68. The Labute approximate surface area is 80.0 Å². The van der Waals surface area contributed by atoms with E-state index in [1.807, 2.05) is 0 Å². The molecule has 1 saturated carbocycles. The van der Waals surface area contributed by atoms with Gasteiger partial charge in [-0.25, -0.2) is 0 Å². The van der Waals surface area contributed by atoms with Gasteiger partial charge in [0.1, 0.15) is 0 Å². The molecule has 0 saturated heterocycles. The van der Waals surface area contributed by atoms with Crippen molar-refractivity contribution in [2.24, 2.45) is 5.92 Å². The zero-order valence-electron chi connectivity index (χ0n) is 8.51. The second-order valence-corrected chi connectivity index (χ2v) is 3.59. The van der Waals surface area contributed by atoms with Crippen molar-refractivity contribution in [2.45, 2.75) is 39.0 Å². The summed E-state index contributed by atoms with van der Waals surface area (Å²) in [5.41, 5.74) is 1.44. The number of carbonyl (C=O) groups is 1. The lowest BCUT2D eigenvalue weighted by Crippen LogP contribution is -2.15. The van der Waals surface area contributed by atoms with E-state index in [0.29, 0.717) is 12.3 Å². The number of esters is 1. The third-order valence-electron chi connectivity index (χ3n) is 2.80. The molecule has 0 heterocycles. The molecule has 1 rings (SSSR count). The van der Waals surface area contributed by atoms with E-state index < -0.39 is 0 Å². The molecule has 0 spiro atoms. The Morgan fingerprint density at radius 1 is 1.62 bits per heavy atom. The smallest absolute Gasteiger partial charge is 0.306 e. The summed E-state index contributed by atoms with van der Waals surface area (Å²) in [7, 11) is 1.46. The van der Waals surface area contributed by atoms with Crippen LogP contribution in [0.4, 0.5) is 0 Å². The molecule has 0 aromatic rings. The summed E-state index contributed by atoms with van der Waals surface area (Å²) in [6, 6.07) is 0. The molecule has 1 aliphatic rings. The van der Waals surface area contributed by atoms with Gasteiger partial charge in [-0.15, -0.1) is 0 Å². The number of allylic oxidation sites excluding steroid dienone is 2. The van der Waals surface area contributed by atoms with Gasteiger partial charge in [-0.1, -0.05) is 18.1 Å². The molecule has 13 heavy (non-hydrogen) atoms. The molecule has 0 aromatic carbocycles. The first kappa shape index (κ1) is 10.3. The number of ether oxygens (including phenoxy) is 1. The minimum absolute atomic E-state index is 0.0775. The number of methoxy groups -OCH3 is 1. The van der Waals surface area contributed by atoms with E-state index >= 15 is 0 Å². The van der Waals surface area contributed by atoms with E-state index in [1.54, 1.807) is 0 Å². The Morgan fingerprint density at radius 2 is 2.38 bits per heavy atom. The van der Waals surface area contributed by atoms with Crippen LogP contribution in [-0.4, -0.2) is 13.1 Å². The number of rotatable bonds is 2. The van der Waals surface area contributed by atoms with Gasteiger partial charge in [0.25, 0.3) is 0 Å². The summed E-state index contributed by atoms with van der Waals surface area (Å²) in [5, 5.41) is 0. The molecule has 0 N–H and O–H groups in total. The minimum atomic E-state index is -0.0775. The van der Waals surface area contributed by atoms with Gasteiger partial charge in [0.15, 0.2) is 0 Å². The number of carbonyl (C=O) groups excluding carboxylic acids is 1. The van der Waals surface area contributed by atoms with Crippen LogP contribution in [0.1, 0.15) is 39.0 Å². The maximum absolute atomic E-state index is 11.1. The van der Waals surface area contributed by atoms with Crippen molar-refractivity contribution in [2.75, 3.05) is 7.11 Å². The Kier molecular flexibility index (Phi) is 4.00. The first-order chi connectivity index (χ1) is 6.27. The van der Waals surface area contributed by atoms with Crippen LogP contribution >= 0.6 is 0 Å². The monoisotopic (exact) mass is 182 g/mol. The quantitative estimate of drug-likeness (QED) is 0.485. The highest BCUT2D eigenvalue weighted by atomic mass is 16.5. The minimum Gasteiger partial charge on any atom is -0.469 e. The first-order valence-electron chi connectivity index (χ1n) is 4.99. The molecule has 1 unspecified atom stereocenters. The highest BCUT2D eigenvalue weighted by Crippen LogP contribution is 2.31. The summed E-state index contributed by atoms with van der Waals surface area (Å²) in [5.74, 6) is 0.373. The van der Waals surface area contributed by atoms with Crippen molar-refractivity contribution in [3.8, 4) is 0 Å². The molecule has 74 valence electrons. The molecular weight excluding hydrogens is 164 g/mol. The van der Waals surface area contributed by atoms with Crippen molar-refractivity contribution >= 4 is 5.97 Å². The van der Waals surface area contributed by atoms with Crippen molar-refractivity contribution in [3.63, 3.8) is 0 Å². The molecule has 0 amide bonds. The number of hydrogen-bond donors (Lipinski definition) is 0. The van der Waals surface area contributed by atoms with E-state index in [0.717, 1.165) is 12.8 Å². The molecule has 0 bridgehead atoms. The van der Waals surface area contributed by atoms with Crippen molar-refractivity contribution in [3.05, 3.63) is 11.6 Å². The van der Waals surface area contributed by atoms with Crippen molar-refractivity contribution in [1.29, 1.82) is 0 Å². The van der Waals surface area contributed by atoms with Gasteiger partial charge >= 0.3 is 5.97 Å². The maximum Gasteiger partial charge on any atom is 0.306 e. The Hall–Kier alpha value is -0.790. The van der Waals surface area contributed by atoms with Gasteiger partial charge < -0.3 is 4.74 Å². The third-order valence-corrected chi connectivity index (χ3v) is 2.80. The van der Waals surface area contributed by atoms with Crippen LogP contribution in [0.5, 0.6) is 0 Å². The van der Waals surface area contributed by atoms with E-state index in [1.165, 1.54) is 25.5 Å². The highest BCUT2D eigenvalue weighted by Gasteiger charge is 2.21. The molecular formula is C11H18O2. The molecule has 2 heteroatoms. The Bertz CT molecular complexity index is 206. The van der Waals surface area contributed by atoms with Crippen LogP contribution in [0.3, 0.4) is 0 Å². The average molecular weight is 182 g/mol. The van der Waals surface area contributed by atoms with Crippen LogP contribution in [0.2, 0.25) is 0 Å². The normalized spacial score (nSPS) is 26.0. The molecule has 1 fully saturated rings. The van der Waals surface area contributed by atoms with Crippen LogP contribution in [0.25, 0.3) is 0 Å². The third kappa shape index (κ3) is 2.87. The van der Waals surface area contributed by atoms with Gasteiger partial charge in [0, 0.05) is 0 Å². The lowest BCUT2D eigenvalue weighted by atomic mass is 9.82. The summed E-state index contributed by atoms with van der Waals surface area (Å²) in [4.78, 5) is 11.1. The van der Waals surface area contributed by atoms with Gasteiger partial charge in [-0.3, -0.25) is 4.79 Å². The summed E-state index contributed by atoms with van der Waals surface area (Å²) in [6.07, 6.45) is 7.56. The predicted octanol–water partition coefficient (Wildman–Crippen LogP) is 2.69. The summed E-state index contributed by atoms with van der Waals surface area (Å²) >= 11 is 0. The lowest BCUT2D eigenvalue weighted by molar-refractivity contribution is -0.141.